The summed E-state index contributed by atoms with van der Waals surface area (Å²) in [6, 6.07) is 11.6. The van der Waals surface area contributed by atoms with Crippen LogP contribution in [0.4, 0.5) is 13.2 Å². The van der Waals surface area contributed by atoms with Crippen molar-refractivity contribution < 1.29 is 28.2 Å². The Balaban J connectivity index is 1.46. The zero-order chi connectivity index (χ0) is 33.1. The van der Waals surface area contributed by atoms with Crippen molar-refractivity contribution in [2.24, 2.45) is 0 Å². The summed E-state index contributed by atoms with van der Waals surface area (Å²) >= 11 is 18.8. The highest BCUT2D eigenvalue weighted by molar-refractivity contribution is 6.43. The summed E-state index contributed by atoms with van der Waals surface area (Å²) < 4.78 is 46.5. The molecule has 5 aromatic rings. The van der Waals surface area contributed by atoms with Gasteiger partial charge < -0.3 is 15.5 Å². The zero-order valence-corrected chi connectivity index (χ0v) is 26.7. The lowest BCUT2D eigenvalue weighted by molar-refractivity contribution is 0.0624. The Labute approximate surface area is 276 Å². The van der Waals surface area contributed by atoms with E-state index in [-0.39, 0.29) is 38.0 Å². The quantitative estimate of drug-likeness (QED) is 0.145. The third kappa shape index (κ3) is 5.96. The Morgan fingerprint density at radius 3 is 2.43 bits per heavy atom. The number of halogens is 6. The summed E-state index contributed by atoms with van der Waals surface area (Å²) in [5, 5.41) is 30.4. The van der Waals surface area contributed by atoms with Gasteiger partial charge in [-0.05, 0) is 74.7 Å². The maximum absolute atomic E-state index is 16.0. The molecule has 0 radical (unpaired) electrons. The van der Waals surface area contributed by atoms with Crippen LogP contribution < -0.4 is 5.32 Å². The molecular formula is C33H26Cl3F3N4O3. The number of carbonyl (C=O) groups excluding carboxylic acids is 1. The second-order valence-electron chi connectivity index (χ2n) is 11.8. The molecule has 2 aromatic heterocycles. The second kappa shape index (κ2) is 11.8. The molecule has 1 atom stereocenters. The van der Waals surface area contributed by atoms with E-state index in [0.717, 1.165) is 43.2 Å². The van der Waals surface area contributed by atoms with E-state index in [2.05, 4.69) is 15.4 Å². The molecule has 238 valence electrons. The summed E-state index contributed by atoms with van der Waals surface area (Å²) in [5.74, 6) is -3.20. The topological polar surface area (TPSA) is 100 Å². The van der Waals surface area contributed by atoms with Gasteiger partial charge in [0, 0.05) is 28.3 Å². The van der Waals surface area contributed by atoms with Crippen LogP contribution in [-0.4, -0.2) is 37.4 Å². The van der Waals surface area contributed by atoms with Gasteiger partial charge in [-0.2, -0.15) is 5.10 Å². The highest BCUT2D eigenvalue weighted by Crippen LogP contribution is 2.41. The van der Waals surface area contributed by atoms with Crippen LogP contribution in [0, 0.1) is 17.5 Å². The van der Waals surface area contributed by atoms with Crippen LogP contribution >= 0.6 is 34.8 Å². The van der Waals surface area contributed by atoms with Crippen LogP contribution in [0.25, 0.3) is 22.2 Å². The van der Waals surface area contributed by atoms with E-state index in [9.17, 15) is 23.8 Å². The van der Waals surface area contributed by atoms with Crippen LogP contribution in [0.1, 0.15) is 59.9 Å². The van der Waals surface area contributed by atoms with Gasteiger partial charge in [0.05, 0.1) is 38.9 Å². The van der Waals surface area contributed by atoms with E-state index in [1.807, 2.05) is 10.9 Å². The Hall–Kier alpha value is -3.67. The number of rotatable bonds is 8. The van der Waals surface area contributed by atoms with Gasteiger partial charge >= 0.3 is 0 Å². The maximum Gasteiger partial charge on any atom is 0.251 e. The molecule has 0 saturated heterocycles. The molecule has 1 aliphatic carbocycles. The lowest BCUT2D eigenvalue weighted by Crippen LogP contribution is -2.43. The van der Waals surface area contributed by atoms with E-state index < -0.39 is 51.8 Å². The molecule has 0 unspecified atom stereocenters. The molecule has 0 bridgehead atoms. The van der Waals surface area contributed by atoms with Gasteiger partial charge in [-0.25, -0.2) is 18.2 Å². The third-order valence-electron chi connectivity index (χ3n) is 7.90. The monoisotopic (exact) mass is 688 g/mol. The van der Waals surface area contributed by atoms with Gasteiger partial charge in [-0.1, -0.05) is 46.9 Å². The highest BCUT2D eigenvalue weighted by atomic mass is 35.5. The minimum absolute atomic E-state index is 0.0398. The van der Waals surface area contributed by atoms with Crippen molar-refractivity contribution in [3.8, 4) is 11.3 Å². The van der Waals surface area contributed by atoms with Crippen LogP contribution in [-0.2, 0) is 11.2 Å². The second-order valence-corrected chi connectivity index (χ2v) is 13.0. The minimum Gasteiger partial charge on any atom is -0.386 e. The molecule has 1 amide bonds. The van der Waals surface area contributed by atoms with Crippen molar-refractivity contribution in [3.63, 3.8) is 0 Å². The molecule has 1 saturated carbocycles. The predicted octanol–water partition coefficient (Wildman–Crippen LogP) is 7.70. The van der Waals surface area contributed by atoms with Crippen molar-refractivity contribution in [3.05, 3.63) is 116 Å². The lowest BCUT2D eigenvalue weighted by Gasteiger charge is -2.31. The molecule has 6 rings (SSSR count). The molecule has 0 aliphatic heterocycles. The predicted molar refractivity (Wildman–Crippen MR) is 170 cm³/mol. The lowest BCUT2D eigenvalue weighted by atomic mass is 9.86. The number of hydrogen-bond acceptors (Lipinski definition) is 5. The van der Waals surface area contributed by atoms with Crippen molar-refractivity contribution >= 4 is 51.6 Å². The fourth-order valence-electron chi connectivity index (χ4n) is 5.24. The van der Waals surface area contributed by atoms with Crippen LogP contribution in [0.5, 0.6) is 0 Å². The molecule has 1 fully saturated rings. The molecule has 46 heavy (non-hydrogen) atoms. The van der Waals surface area contributed by atoms with E-state index in [1.165, 1.54) is 32.0 Å². The maximum atomic E-state index is 16.0. The van der Waals surface area contributed by atoms with Gasteiger partial charge in [0.1, 0.15) is 28.4 Å². The third-order valence-corrected chi connectivity index (χ3v) is 9.05. The summed E-state index contributed by atoms with van der Waals surface area (Å²) in [7, 11) is 0. The molecule has 0 spiro atoms. The van der Waals surface area contributed by atoms with Crippen molar-refractivity contribution in [2.45, 2.75) is 43.9 Å². The fraction of sp³-hybridized carbons (Fsp3) is 0.242. The Morgan fingerprint density at radius 2 is 1.76 bits per heavy atom. The van der Waals surface area contributed by atoms with E-state index in [4.69, 9.17) is 34.8 Å². The summed E-state index contributed by atoms with van der Waals surface area (Å²) in [5.41, 5.74) is -4.61. The average molecular weight is 690 g/mol. The Bertz CT molecular complexity index is 2030. The van der Waals surface area contributed by atoms with Crippen LogP contribution in [0.15, 0.2) is 60.8 Å². The molecule has 1 aliphatic rings. The normalized spacial score (nSPS) is 14.8. The first kappa shape index (κ1) is 32.3. The SMILES string of the molecule is CC(C)(O)c1cc([C@@](O)(CNC(=O)c2cc(Cl)c3nn(C4CC4)cc3c2)c2cccc(F)c2)nc(-c2ccc(F)c(Cl)c2Cl)c1F. The average Bonchev–Trinajstić information content (AvgIpc) is 3.76. The van der Waals surface area contributed by atoms with Crippen molar-refractivity contribution in [1.29, 1.82) is 0 Å². The Kier molecular flexibility index (Phi) is 8.31. The summed E-state index contributed by atoms with van der Waals surface area (Å²) in [4.78, 5) is 17.8. The molecule has 3 aromatic carbocycles. The number of nitrogens with one attached hydrogen (secondary N) is 1. The number of nitrogens with zero attached hydrogens (tertiary/aromatic N) is 3. The van der Waals surface area contributed by atoms with Gasteiger partial charge in [-0.3, -0.25) is 9.48 Å². The molecular weight excluding hydrogens is 664 g/mol. The zero-order valence-electron chi connectivity index (χ0n) is 24.4. The first-order chi connectivity index (χ1) is 21.7. The molecule has 2 heterocycles. The standard InChI is InChI=1S/C33H26Cl3F3N4O3/c1-32(2,45)22-13-25(41-30(28(22)39)21-8-9-24(38)27(36)26(21)35)33(46,18-4-3-5-19(37)12-18)15-40-31(44)16-10-17-14-43(20-6-7-20)42-29(17)23(34)11-16/h3-5,8-14,20,45-46H,6-7,15H2,1-2H3,(H,40,44)/t33-/m1/s1. The first-order valence-corrected chi connectivity index (χ1v) is 15.3. The van der Waals surface area contributed by atoms with Crippen molar-refractivity contribution in [1.82, 2.24) is 20.1 Å². The number of hydrogen-bond donors (Lipinski definition) is 3. The van der Waals surface area contributed by atoms with Gasteiger partial charge in [0.25, 0.3) is 5.91 Å². The smallest absolute Gasteiger partial charge is 0.251 e. The van der Waals surface area contributed by atoms with E-state index in [1.54, 1.807) is 6.07 Å². The Morgan fingerprint density at radius 1 is 1.02 bits per heavy atom. The van der Waals surface area contributed by atoms with Gasteiger partial charge in [-0.15, -0.1) is 0 Å². The first-order valence-electron chi connectivity index (χ1n) is 14.2. The molecule has 13 heteroatoms. The van der Waals surface area contributed by atoms with Gasteiger partial charge in [0.2, 0.25) is 0 Å². The number of fused-ring (bicyclic) bond motifs is 1. The number of aliphatic hydroxyl groups is 2. The number of pyridine rings is 1. The van der Waals surface area contributed by atoms with Crippen LogP contribution in [0.2, 0.25) is 15.1 Å². The fourth-order valence-corrected chi connectivity index (χ4v) is 5.91. The van der Waals surface area contributed by atoms with Crippen LogP contribution in [0.3, 0.4) is 0 Å². The number of aromatic nitrogens is 3. The van der Waals surface area contributed by atoms with E-state index in [0.29, 0.717) is 16.9 Å². The molecule has 7 nitrogen and oxygen atoms in total. The number of carbonyl (C=O) groups is 1. The number of benzene rings is 3. The number of amides is 1. The van der Waals surface area contributed by atoms with E-state index >= 15 is 4.39 Å². The minimum atomic E-state index is -2.29. The summed E-state index contributed by atoms with van der Waals surface area (Å²) in [6.45, 7) is 2.05. The summed E-state index contributed by atoms with van der Waals surface area (Å²) in [6.07, 6.45) is 3.83. The highest BCUT2D eigenvalue weighted by Gasteiger charge is 2.38. The molecule has 3 N–H and O–H groups in total. The van der Waals surface area contributed by atoms with Crippen molar-refractivity contribution in [2.75, 3.05) is 6.54 Å². The van der Waals surface area contributed by atoms with Gasteiger partial charge in [0.15, 0.2) is 5.82 Å². The largest absolute Gasteiger partial charge is 0.386 e.